The summed E-state index contributed by atoms with van der Waals surface area (Å²) in [6, 6.07) is 11.5. The highest BCUT2D eigenvalue weighted by atomic mass is 19.1. The Balaban J connectivity index is 1.35. The first-order valence-electron chi connectivity index (χ1n) is 11.5. The number of hydrogen-bond acceptors (Lipinski definition) is 5. The number of aromatic nitrogens is 2. The molecule has 9 heteroatoms. The molecule has 3 N–H and O–H groups in total. The number of amides is 2. The summed E-state index contributed by atoms with van der Waals surface area (Å²) >= 11 is 0. The SMILES string of the molecule is NC1=C(C=NC(=O)C2CC2)CCN(C(=O)c2cc(Cc3n[nH]c(=O)c4ccccc34)ccc2F)C1. The number of benzene rings is 2. The van der Waals surface area contributed by atoms with Gasteiger partial charge in [0, 0.05) is 36.2 Å². The Kier molecular flexibility index (Phi) is 5.98. The van der Waals surface area contributed by atoms with Crippen molar-refractivity contribution >= 4 is 28.8 Å². The third-order valence-electron chi connectivity index (χ3n) is 6.39. The van der Waals surface area contributed by atoms with Crippen molar-refractivity contribution in [2.75, 3.05) is 13.1 Å². The molecule has 1 saturated carbocycles. The summed E-state index contributed by atoms with van der Waals surface area (Å²) < 4.78 is 14.7. The molecule has 5 rings (SSSR count). The normalized spacial score (nSPS) is 16.3. The zero-order valence-electron chi connectivity index (χ0n) is 19.0. The molecule has 1 aliphatic carbocycles. The van der Waals surface area contributed by atoms with Crippen molar-refractivity contribution in [1.82, 2.24) is 15.1 Å². The zero-order valence-corrected chi connectivity index (χ0v) is 19.0. The van der Waals surface area contributed by atoms with E-state index in [0.717, 1.165) is 18.4 Å². The van der Waals surface area contributed by atoms with Gasteiger partial charge >= 0.3 is 0 Å². The first-order valence-corrected chi connectivity index (χ1v) is 11.5. The van der Waals surface area contributed by atoms with E-state index in [1.165, 1.54) is 23.2 Å². The van der Waals surface area contributed by atoms with E-state index >= 15 is 0 Å². The summed E-state index contributed by atoms with van der Waals surface area (Å²) in [6.07, 6.45) is 4.02. The number of fused-ring (bicyclic) bond motifs is 1. The van der Waals surface area contributed by atoms with Gasteiger partial charge < -0.3 is 10.6 Å². The Hall–Kier alpha value is -4.14. The maximum absolute atomic E-state index is 14.7. The quantitative estimate of drug-likeness (QED) is 0.552. The molecular formula is C26H24FN5O3. The van der Waals surface area contributed by atoms with Crippen molar-refractivity contribution in [1.29, 1.82) is 0 Å². The standard InChI is InChI=1S/C26H24FN5O3/c27-21-8-5-15(12-23-18-3-1-2-4-19(18)25(34)31-30-23)11-20(21)26(35)32-10-9-17(22(28)14-32)13-29-24(33)16-6-7-16/h1-5,8,11,13,16H,6-7,9-10,12,14,28H2,(H,31,34). The second-order valence-corrected chi connectivity index (χ2v) is 8.93. The molecule has 0 atom stereocenters. The summed E-state index contributed by atoms with van der Waals surface area (Å²) in [5.41, 5.74) is 8.30. The van der Waals surface area contributed by atoms with Gasteiger partial charge in [-0.25, -0.2) is 14.5 Å². The van der Waals surface area contributed by atoms with Crippen LogP contribution in [-0.4, -0.2) is 46.2 Å². The summed E-state index contributed by atoms with van der Waals surface area (Å²) in [7, 11) is 0. The lowest BCUT2D eigenvalue weighted by atomic mass is 10.0. The molecule has 8 nitrogen and oxygen atoms in total. The Labute approximate surface area is 200 Å². The van der Waals surface area contributed by atoms with Gasteiger partial charge in [0.1, 0.15) is 5.82 Å². The fourth-order valence-corrected chi connectivity index (χ4v) is 4.22. The first kappa shape index (κ1) is 22.6. The maximum atomic E-state index is 14.7. The molecule has 2 aromatic carbocycles. The third kappa shape index (κ3) is 4.75. The minimum atomic E-state index is -0.622. The summed E-state index contributed by atoms with van der Waals surface area (Å²) in [4.78, 5) is 42.5. The van der Waals surface area contributed by atoms with Crippen LogP contribution in [0.25, 0.3) is 10.8 Å². The average molecular weight is 474 g/mol. The lowest BCUT2D eigenvalue weighted by Crippen LogP contribution is -2.39. The zero-order chi connectivity index (χ0) is 24.5. The van der Waals surface area contributed by atoms with E-state index in [9.17, 15) is 18.8 Å². The molecule has 1 aliphatic heterocycles. The number of nitrogens with two attached hydrogens (primary N) is 1. The van der Waals surface area contributed by atoms with Crippen LogP contribution in [0.15, 0.2) is 63.5 Å². The van der Waals surface area contributed by atoms with Gasteiger partial charge in [-0.15, -0.1) is 0 Å². The molecule has 0 bridgehead atoms. The second-order valence-electron chi connectivity index (χ2n) is 8.93. The van der Waals surface area contributed by atoms with E-state index in [0.29, 0.717) is 47.1 Å². The number of hydrogen-bond donors (Lipinski definition) is 2. The Bertz CT molecular complexity index is 1450. The highest BCUT2D eigenvalue weighted by Gasteiger charge is 2.29. The first-order chi connectivity index (χ1) is 16.9. The van der Waals surface area contributed by atoms with Crippen molar-refractivity contribution in [2.24, 2.45) is 16.6 Å². The average Bonchev–Trinajstić information content (AvgIpc) is 3.71. The van der Waals surface area contributed by atoms with E-state index in [1.807, 2.05) is 12.1 Å². The number of H-pyrrole nitrogens is 1. The molecule has 0 unspecified atom stereocenters. The molecule has 0 spiro atoms. The number of halogens is 1. The Morgan fingerprint density at radius 3 is 2.71 bits per heavy atom. The molecular weight excluding hydrogens is 449 g/mol. The summed E-state index contributed by atoms with van der Waals surface area (Å²) in [6.45, 7) is 0.474. The highest BCUT2D eigenvalue weighted by Crippen LogP contribution is 2.30. The molecule has 35 heavy (non-hydrogen) atoms. The van der Waals surface area contributed by atoms with Crippen LogP contribution in [-0.2, 0) is 11.2 Å². The van der Waals surface area contributed by atoms with Crippen LogP contribution in [0.3, 0.4) is 0 Å². The fraction of sp³-hybridized carbons (Fsp3) is 0.269. The Morgan fingerprint density at radius 1 is 1.20 bits per heavy atom. The monoisotopic (exact) mass is 473 g/mol. The molecule has 1 aromatic heterocycles. The maximum Gasteiger partial charge on any atom is 0.272 e. The minimum Gasteiger partial charge on any atom is -0.400 e. The summed E-state index contributed by atoms with van der Waals surface area (Å²) in [5.74, 6) is -1.18. The van der Waals surface area contributed by atoms with E-state index < -0.39 is 11.7 Å². The predicted molar refractivity (Wildman–Crippen MR) is 130 cm³/mol. The van der Waals surface area contributed by atoms with Gasteiger partial charge in [-0.2, -0.15) is 5.10 Å². The number of aromatic amines is 1. The summed E-state index contributed by atoms with van der Waals surface area (Å²) in [5, 5.41) is 7.88. The number of carbonyl (C=O) groups excluding carboxylic acids is 2. The van der Waals surface area contributed by atoms with E-state index in [2.05, 4.69) is 15.2 Å². The van der Waals surface area contributed by atoms with Crippen molar-refractivity contribution in [2.45, 2.75) is 25.7 Å². The van der Waals surface area contributed by atoms with Gasteiger partial charge in [0.05, 0.1) is 23.2 Å². The van der Waals surface area contributed by atoms with Crippen molar-refractivity contribution in [3.63, 3.8) is 0 Å². The number of carbonyl (C=O) groups is 2. The van der Waals surface area contributed by atoms with Crippen LogP contribution in [0.4, 0.5) is 4.39 Å². The number of nitrogens with one attached hydrogen (secondary N) is 1. The van der Waals surface area contributed by atoms with Crippen LogP contribution >= 0.6 is 0 Å². The number of aliphatic imine (C=N–C) groups is 1. The van der Waals surface area contributed by atoms with Gasteiger partial charge in [0.2, 0.25) is 5.91 Å². The third-order valence-corrected chi connectivity index (χ3v) is 6.39. The molecule has 2 aliphatic rings. The van der Waals surface area contributed by atoms with Crippen LogP contribution in [0.1, 0.15) is 40.9 Å². The van der Waals surface area contributed by atoms with Gasteiger partial charge in [-0.05, 0) is 48.6 Å². The fourth-order valence-electron chi connectivity index (χ4n) is 4.22. The Morgan fingerprint density at radius 2 is 1.97 bits per heavy atom. The number of rotatable bonds is 5. The van der Waals surface area contributed by atoms with E-state index in [1.54, 1.807) is 18.2 Å². The van der Waals surface area contributed by atoms with Gasteiger partial charge in [0.25, 0.3) is 11.5 Å². The molecule has 178 valence electrons. The molecule has 3 aromatic rings. The van der Waals surface area contributed by atoms with Crippen LogP contribution < -0.4 is 11.3 Å². The molecule has 2 amide bonds. The topological polar surface area (TPSA) is 122 Å². The van der Waals surface area contributed by atoms with E-state index in [4.69, 9.17) is 5.73 Å². The largest absolute Gasteiger partial charge is 0.400 e. The lowest BCUT2D eigenvalue weighted by Gasteiger charge is -2.28. The van der Waals surface area contributed by atoms with Crippen LogP contribution in [0.2, 0.25) is 0 Å². The van der Waals surface area contributed by atoms with Crippen molar-refractivity contribution < 1.29 is 14.0 Å². The van der Waals surface area contributed by atoms with Gasteiger partial charge in [0.15, 0.2) is 0 Å². The smallest absolute Gasteiger partial charge is 0.272 e. The van der Waals surface area contributed by atoms with Crippen LogP contribution in [0.5, 0.6) is 0 Å². The van der Waals surface area contributed by atoms with Crippen molar-refractivity contribution in [3.05, 3.63) is 86.7 Å². The molecule has 2 heterocycles. The predicted octanol–water partition coefficient (Wildman–Crippen LogP) is 2.72. The number of nitrogens with zero attached hydrogens (tertiary/aromatic N) is 3. The second kappa shape index (κ2) is 9.25. The van der Waals surface area contributed by atoms with Gasteiger partial charge in [-0.3, -0.25) is 14.4 Å². The molecule has 0 saturated heterocycles. The van der Waals surface area contributed by atoms with Crippen LogP contribution in [0, 0.1) is 11.7 Å². The van der Waals surface area contributed by atoms with Gasteiger partial charge in [-0.1, -0.05) is 24.3 Å². The lowest BCUT2D eigenvalue weighted by molar-refractivity contribution is -0.118. The van der Waals surface area contributed by atoms with E-state index in [-0.39, 0.29) is 29.5 Å². The minimum absolute atomic E-state index is 0.0364. The molecule has 1 fully saturated rings. The highest BCUT2D eigenvalue weighted by molar-refractivity contribution is 5.96. The molecule has 0 radical (unpaired) electrons. The van der Waals surface area contributed by atoms with Crippen molar-refractivity contribution in [3.8, 4) is 0 Å².